The smallest absolute Gasteiger partial charge is 0.273 e. The number of nitrogens with one attached hydrogen (secondary N) is 2. The van der Waals surface area contributed by atoms with Crippen LogP contribution in [0.3, 0.4) is 0 Å². The second kappa shape index (κ2) is 8.44. The molecule has 1 aromatic heterocycles. The van der Waals surface area contributed by atoms with Gasteiger partial charge in [0.1, 0.15) is 5.76 Å². The molecule has 20 heavy (non-hydrogen) atoms. The van der Waals surface area contributed by atoms with Gasteiger partial charge in [-0.05, 0) is 31.0 Å². The predicted molar refractivity (Wildman–Crippen MR) is 80.0 cm³/mol. The molecule has 0 amide bonds. The summed E-state index contributed by atoms with van der Waals surface area (Å²) in [7, 11) is -3.51. The summed E-state index contributed by atoms with van der Waals surface area (Å²) in [5, 5.41) is 3.09. The standard InChI is InChI=1S/C14H26N2O3S/c1-4-15-11-13-8-9-14(19-13)20(17,18)16-10-6-5-7-12(2)3/h8-9,12,15-16H,4-7,10-11H2,1-3H3. The summed E-state index contributed by atoms with van der Waals surface area (Å²) in [5.41, 5.74) is 0. The van der Waals surface area contributed by atoms with Crippen molar-refractivity contribution in [2.24, 2.45) is 5.92 Å². The summed E-state index contributed by atoms with van der Waals surface area (Å²) in [5.74, 6) is 1.29. The maximum absolute atomic E-state index is 12.0. The average Bonchev–Trinajstić information content (AvgIpc) is 2.85. The van der Waals surface area contributed by atoms with E-state index in [9.17, 15) is 8.42 Å². The van der Waals surface area contributed by atoms with Gasteiger partial charge in [-0.25, -0.2) is 13.1 Å². The van der Waals surface area contributed by atoms with E-state index in [0.29, 0.717) is 24.8 Å². The summed E-state index contributed by atoms with van der Waals surface area (Å²) in [6.45, 7) is 8.13. The van der Waals surface area contributed by atoms with E-state index in [4.69, 9.17) is 4.42 Å². The number of rotatable bonds is 10. The first-order chi connectivity index (χ1) is 9.45. The zero-order valence-corrected chi connectivity index (χ0v) is 13.4. The molecule has 0 spiro atoms. The van der Waals surface area contributed by atoms with Gasteiger partial charge in [-0.15, -0.1) is 0 Å². The summed E-state index contributed by atoms with van der Waals surface area (Å²) < 4.78 is 31.9. The zero-order valence-electron chi connectivity index (χ0n) is 12.6. The van der Waals surface area contributed by atoms with Crippen molar-refractivity contribution >= 4 is 10.0 Å². The Balaban J connectivity index is 2.41. The van der Waals surface area contributed by atoms with E-state index >= 15 is 0 Å². The molecule has 0 aliphatic rings. The van der Waals surface area contributed by atoms with Crippen LogP contribution in [0.25, 0.3) is 0 Å². The maximum Gasteiger partial charge on any atom is 0.273 e. The first-order valence-electron chi connectivity index (χ1n) is 7.24. The van der Waals surface area contributed by atoms with Gasteiger partial charge in [0.2, 0.25) is 5.09 Å². The zero-order chi connectivity index (χ0) is 15.0. The molecule has 6 heteroatoms. The summed E-state index contributed by atoms with van der Waals surface area (Å²) in [6.07, 6.45) is 3.00. The minimum Gasteiger partial charge on any atom is -0.447 e. The predicted octanol–water partition coefficient (Wildman–Crippen LogP) is 2.49. The quantitative estimate of drug-likeness (QED) is 0.651. The van der Waals surface area contributed by atoms with Crippen molar-refractivity contribution in [3.8, 4) is 0 Å². The van der Waals surface area contributed by atoms with Crippen molar-refractivity contribution in [2.45, 2.75) is 51.7 Å². The normalized spacial score (nSPS) is 12.2. The van der Waals surface area contributed by atoms with Crippen LogP contribution in [0.4, 0.5) is 0 Å². The minimum absolute atomic E-state index is 0.00531. The molecular formula is C14H26N2O3S. The molecule has 5 nitrogen and oxygen atoms in total. The fourth-order valence-corrected chi connectivity index (χ4v) is 2.82. The van der Waals surface area contributed by atoms with Crippen molar-refractivity contribution < 1.29 is 12.8 Å². The molecule has 1 heterocycles. The molecule has 0 saturated carbocycles. The largest absolute Gasteiger partial charge is 0.447 e. The molecular weight excluding hydrogens is 276 g/mol. The molecule has 116 valence electrons. The lowest BCUT2D eigenvalue weighted by molar-refractivity contribution is 0.401. The number of hydrogen-bond acceptors (Lipinski definition) is 4. The molecule has 0 aromatic carbocycles. The van der Waals surface area contributed by atoms with Crippen LogP contribution in [0.5, 0.6) is 0 Å². The third kappa shape index (κ3) is 6.07. The van der Waals surface area contributed by atoms with Gasteiger partial charge in [0.25, 0.3) is 10.0 Å². The van der Waals surface area contributed by atoms with Crippen LogP contribution in [-0.4, -0.2) is 21.5 Å². The third-order valence-electron chi connectivity index (χ3n) is 2.95. The topological polar surface area (TPSA) is 71.3 Å². The Morgan fingerprint density at radius 1 is 1.25 bits per heavy atom. The maximum atomic E-state index is 12.0. The van der Waals surface area contributed by atoms with E-state index in [1.54, 1.807) is 6.07 Å². The van der Waals surface area contributed by atoms with Crippen LogP contribution in [0.2, 0.25) is 0 Å². The van der Waals surface area contributed by atoms with Crippen molar-refractivity contribution in [1.82, 2.24) is 10.0 Å². The SMILES string of the molecule is CCNCc1ccc(S(=O)(=O)NCCCCC(C)C)o1. The van der Waals surface area contributed by atoms with Gasteiger partial charge in [-0.2, -0.15) is 0 Å². The molecule has 0 fully saturated rings. The third-order valence-corrected chi connectivity index (χ3v) is 4.28. The van der Waals surface area contributed by atoms with E-state index in [0.717, 1.165) is 25.8 Å². The first kappa shape index (κ1) is 17.2. The van der Waals surface area contributed by atoms with Crippen LogP contribution in [-0.2, 0) is 16.6 Å². The van der Waals surface area contributed by atoms with E-state index < -0.39 is 10.0 Å². The highest BCUT2D eigenvalue weighted by molar-refractivity contribution is 7.89. The Morgan fingerprint density at radius 3 is 2.65 bits per heavy atom. The summed E-state index contributed by atoms with van der Waals surface area (Å²) in [6, 6.07) is 3.19. The summed E-state index contributed by atoms with van der Waals surface area (Å²) >= 11 is 0. The molecule has 0 saturated heterocycles. The molecule has 0 aliphatic heterocycles. The lowest BCUT2D eigenvalue weighted by Gasteiger charge is -2.06. The van der Waals surface area contributed by atoms with Gasteiger partial charge in [0.15, 0.2) is 0 Å². The Hall–Kier alpha value is -0.850. The minimum atomic E-state index is -3.51. The lowest BCUT2D eigenvalue weighted by atomic mass is 10.1. The van der Waals surface area contributed by atoms with E-state index in [-0.39, 0.29) is 5.09 Å². The van der Waals surface area contributed by atoms with Crippen LogP contribution >= 0.6 is 0 Å². The molecule has 1 aromatic rings. The van der Waals surface area contributed by atoms with Gasteiger partial charge in [-0.3, -0.25) is 0 Å². The number of sulfonamides is 1. The highest BCUT2D eigenvalue weighted by Crippen LogP contribution is 2.14. The van der Waals surface area contributed by atoms with Crippen molar-refractivity contribution in [1.29, 1.82) is 0 Å². The molecule has 0 bridgehead atoms. The molecule has 1 rings (SSSR count). The van der Waals surface area contributed by atoms with E-state index in [1.165, 1.54) is 6.07 Å². The molecule has 0 aliphatic carbocycles. The Morgan fingerprint density at radius 2 is 2.00 bits per heavy atom. The fraction of sp³-hybridized carbons (Fsp3) is 0.714. The average molecular weight is 302 g/mol. The van der Waals surface area contributed by atoms with Crippen molar-refractivity contribution in [2.75, 3.05) is 13.1 Å². The first-order valence-corrected chi connectivity index (χ1v) is 8.73. The highest BCUT2D eigenvalue weighted by atomic mass is 32.2. The monoisotopic (exact) mass is 302 g/mol. The van der Waals surface area contributed by atoms with Gasteiger partial charge in [-0.1, -0.05) is 33.6 Å². The van der Waals surface area contributed by atoms with Crippen molar-refractivity contribution in [3.63, 3.8) is 0 Å². The van der Waals surface area contributed by atoms with Gasteiger partial charge in [0, 0.05) is 6.54 Å². The molecule has 0 atom stereocenters. The summed E-state index contributed by atoms with van der Waals surface area (Å²) in [4.78, 5) is 0. The fourth-order valence-electron chi connectivity index (χ4n) is 1.80. The van der Waals surface area contributed by atoms with Gasteiger partial charge in [0.05, 0.1) is 6.54 Å². The molecule has 2 N–H and O–H groups in total. The number of hydrogen-bond donors (Lipinski definition) is 2. The Labute approximate surface area is 122 Å². The molecule has 0 radical (unpaired) electrons. The van der Waals surface area contributed by atoms with Gasteiger partial charge >= 0.3 is 0 Å². The Bertz CT molecular complexity index is 480. The van der Waals surface area contributed by atoms with Crippen LogP contribution in [0.1, 0.15) is 45.8 Å². The van der Waals surface area contributed by atoms with Crippen LogP contribution < -0.4 is 10.0 Å². The van der Waals surface area contributed by atoms with E-state index in [1.807, 2.05) is 6.92 Å². The Kier molecular flexibility index (Phi) is 7.26. The second-order valence-electron chi connectivity index (χ2n) is 5.29. The molecule has 0 unspecified atom stereocenters. The van der Waals surface area contributed by atoms with E-state index in [2.05, 4.69) is 23.9 Å². The van der Waals surface area contributed by atoms with Gasteiger partial charge < -0.3 is 9.73 Å². The van der Waals surface area contributed by atoms with Crippen molar-refractivity contribution in [3.05, 3.63) is 17.9 Å². The lowest BCUT2D eigenvalue weighted by Crippen LogP contribution is -2.24. The number of furan rings is 1. The highest BCUT2D eigenvalue weighted by Gasteiger charge is 2.17. The van der Waals surface area contributed by atoms with Crippen LogP contribution in [0.15, 0.2) is 21.6 Å². The van der Waals surface area contributed by atoms with Crippen LogP contribution in [0, 0.1) is 5.92 Å². The number of unbranched alkanes of at least 4 members (excludes halogenated alkanes) is 1. The second-order valence-corrected chi connectivity index (χ2v) is 6.99.